The first-order valence-corrected chi connectivity index (χ1v) is 5.37. The van der Waals surface area contributed by atoms with E-state index in [4.69, 9.17) is 11.6 Å². The summed E-state index contributed by atoms with van der Waals surface area (Å²) >= 11 is 5.65. The highest BCUT2D eigenvalue weighted by Gasteiger charge is 2.57. The Kier molecular flexibility index (Phi) is 3.74. The van der Waals surface area contributed by atoms with E-state index in [1.165, 1.54) is 0 Å². The fraction of sp³-hybridized carbons (Fsp3) is 0.889. The Balaban J connectivity index is 2.69. The molecule has 0 aromatic heterocycles. The zero-order chi connectivity index (χ0) is 12.6. The van der Waals surface area contributed by atoms with Crippen molar-refractivity contribution >= 4 is 17.5 Å². The topological polar surface area (TPSA) is 40.5 Å². The second kappa shape index (κ2) is 4.41. The fourth-order valence-corrected chi connectivity index (χ4v) is 1.72. The Morgan fingerprint density at radius 2 is 2.19 bits per heavy atom. The zero-order valence-electron chi connectivity index (χ0n) is 8.72. The molecule has 1 aliphatic rings. The normalized spacial score (nSPS) is 28.2. The molecule has 94 valence electrons. The lowest BCUT2D eigenvalue weighted by atomic mass is 10.0. The third-order valence-electron chi connectivity index (χ3n) is 2.71. The van der Waals surface area contributed by atoms with Gasteiger partial charge in [0.25, 0.3) is 0 Å². The second-order valence-corrected chi connectivity index (χ2v) is 4.44. The third-order valence-corrected chi connectivity index (χ3v) is 3.21. The van der Waals surface area contributed by atoms with E-state index in [2.05, 4.69) is 0 Å². The molecule has 1 aliphatic heterocycles. The first-order valence-electron chi connectivity index (χ1n) is 4.93. The van der Waals surface area contributed by atoms with Gasteiger partial charge in [-0.1, -0.05) is 6.92 Å². The minimum absolute atomic E-state index is 0.113. The molecule has 3 nitrogen and oxygen atoms in total. The van der Waals surface area contributed by atoms with Gasteiger partial charge >= 0.3 is 6.18 Å². The third kappa shape index (κ3) is 2.43. The van der Waals surface area contributed by atoms with Crippen LogP contribution < -0.4 is 0 Å². The molecule has 1 amide bonds. The summed E-state index contributed by atoms with van der Waals surface area (Å²) in [7, 11) is 0. The maximum atomic E-state index is 12.4. The molecule has 7 heteroatoms. The van der Waals surface area contributed by atoms with Crippen LogP contribution in [0.4, 0.5) is 13.2 Å². The van der Waals surface area contributed by atoms with E-state index >= 15 is 0 Å². The SMILES string of the molecule is CC[C@@H](Cl)C(=O)N1CC[C@@](O)(C(F)(F)F)C1. The van der Waals surface area contributed by atoms with Crippen LogP contribution in [0.3, 0.4) is 0 Å². The van der Waals surface area contributed by atoms with E-state index < -0.39 is 36.0 Å². The van der Waals surface area contributed by atoms with Crippen LogP contribution in [0.1, 0.15) is 19.8 Å². The number of likely N-dealkylation sites (tertiary alicyclic amines) is 1. The number of hydrogen-bond donors (Lipinski definition) is 1. The van der Waals surface area contributed by atoms with Gasteiger partial charge in [0.2, 0.25) is 5.91 Å². The number of nitrogens with zero attached hydrogens (tertiary/aromatic N) is 1. The number of carbonyl (C=O) groups is 1. The first-order chi connectivity index (χ1) is 7.21. The average Bonchev–Trinajstić information content (AvgIpc) is 2.59. The van der Waals surface area contributed by atoms with Crippen molar-refractivity contribution in [3.05, 3.63) is 0 Å². The van der Waals surface area contributed by atoms with Crippen LogP contribution in [0.2, 0.25) is 0 Å². The van der Waals surface area contributed by atoms with E-state index in [-0.39, 0.29) is 6.54 Å². The molecule has 0 radical (unpaired) electrons. The molecule has 2 atom stereocenters. The minimum atomic E-state index is -4.71. The lowest BCUT2D eigenvalue weighted by Crippen LogP contribution is -2.48. The summed E-state index contributed by atoms with van der Waals surface area (Å²) in [5.74, 6) is -0.552. The summed E-state index contributed by atoms with van der Waals surface area (Å²) < 4.78 is 37.3. The minimum Gasteiger partial charge on any atom is -0.379 e. The number of aliphatic hydroxyl groups is 1. The highest BCUT2D eigenvalue weighted by Crippen LogP contribution is 2.37. The summed E-state index contributed by atoms with van der Waals surface area (Å²) in [6.45, 7) is 0.832. The maximum Gasteiger partial charge on any atom is 0.419 e. The lowest BCUT2D eigenvalue weighted by Gasteiger charge is -2.26. The molecule has 16 heavy (non-hydrogen) atoms. The molecular formula is C9H13ClF3NO2. The van der Waals surface area contributed by atoms with Gasteiger partial charge in [0.05, 0.1) is 6.54 Å². The van der Waals surface area contributed by atoms with Crippen LogP contribution in [0.25, 0.3) is 0 Å². The predicted molar refractivity (Wildman–Crippen MR) is 52.1 cm³/mol. The maximum absolute atomic E-state index is 12.4. The quantitative estimate of drug-likeness (QED) is 0.764. The van der Waals surface area contributed by atoms with Crippen LogP contribution >= 0.6 is 11.6 Å². The summed E-state index contributed by atoms with van der Waals surface area (Å²) in [5.41, 5.74) is -2.78. The predicted octanol–water partition coefficient (Wildman–Crippen LogP) is 1.53. The summed E-state index contributed by atoms with van der Waals surface area (Å²) in [6.07, 6.45) is -4.85. The van der Waals surface area contributed by atoms with Crippen molar-refractivity contribution in [3.8, 4) is 0 Å². The van der Waals surface area contributed by atoms with Gasteiger partial charge in [0.15, 0.2) is 5.60 Å². The van der Waals surface area contributed by atoms with E-state index in [1.54, 1.807) is 6.92 Å². The second-order valence-electron chi connectivity index (χ2n) is 3.91. The molecule has 0 bridgehead atoms. The lowest BCUT2D eigenvalue weighted by molar-refractivity contribution is -0.253. The molecule has 1 rings (SSSR count). The van der Waals surface area contributed by atoms with Gasteiger partial charge in [0, 0.05) is 13.0 Å². The largest absolute Gasteiger partial charge is 0.419 e. The molecule has 0 unspecified atom stereocenters. The molecule has 1 fully saturated rings. The van der Waals surface area contributed by atoms with Crippen molar-refractivity contribution in [2.45, 2.75) is 36.9 Å². The van der Waals surface area contributed by atoms with Crippen molar-refractivity contribution in [3.63, 3.8) is 0 Å². The Bertz CT molecular complexity index is 284. The Morgan fingerprint density at radius 3 is 2.56 bits per heavy atom. The van der Waals surface area contributed by atoms with Crippen LogP contribution in [-0.2, 0) is 4.79 Å². The molecule has 0 spiro atoms. The molecular weight excluding hydrogens is 247 g/mol. The Hall–Kier alpha value is -0.490. The summed E-state index contributed by atoms with van der Waals surface area (Å²) in [4.78, 5) is 12.5. The monoisotopic (exact) mass is 259 g/mol. The van der Waals surface area contributed by atoms with E-state index in [0.29, 0.717) is 6.42 Å². The van der Waals surface area contributed by atoms with Gasteiger partial charge in [-0.15, -0.1) is 11.6 Å². The Morgan fingerprint density at radius 1 is 1.62 bits per heavy atom. The van der Waals surface area contributed by atoms with Crippen LogP contribution in [0, 0.1) is 0 Å². The number of β-amino-alcohol motifs (C(OH)–C–C–N with tert-alkyl or cyclic N) is 1. The highest BCUT2D eigenvalue weighted by atomic mass is 35.5. The van der Waals surface area contributed by atoms with Crippen molar-refractivity contribution in [1.82, 2.24) is 4.90 Å². The van der Waals surface area contributed by atoms with Gasteiger partial charge in [-0.25, -0.2) is 0 Å². The van der Waals surface area contributed by atoms with Gasteiger partial charge in [0.1, 0.15) is 5.38 Å². The van der Waals surface area contributed by atoms with Crippen molar-refractivity contribution in [1.29, 1.82) is 0 Å². The van der Waals surface area contributed by atoms with E-state index in [1.807, 2.05) is 0 Å². The van der Waals surface area contributed by atoms with Crippen molar-refractivity contribution in [2.24, 2.45) is 0 Å². The van der Waals surface area contributed by atoms with Crippen LogP contribution in [-0.4, -0.2) is 46.2 Å². The zero-order valence-corrected chi connectivity index (χ0v) is 9.48. The van der Waals surface area contributed by atoms with Crippen LogP contribution in [0.15, 0.2) is 0 Å². The molecule has 0 aliphatic carbocycles. The standard InChI is InChI=1S/C9H13ClF3NO2/c1-2-6(10)7(15)14-4-3-8(16,5-14)9(11,12)13/h6,16H,2-5H2,1H3/t6-,8+/m1/s1. The summed E-state index contributed by atoms with van der Waals surface area (Å²) in [6, 6.07) is 0. The van der Waals surface area contributed by atoms with Gasteiger partial charge in [-0.05, 0) is 6.42 Å². The van der Waals surface area contributed by atoms with Crippen LogP contribution in [0.5, 0.6) is 0 Å². The molecule has 0 aromatic carbocycles. The van der Waals surface area contributed by atoms with Gasteiger partial charge in [-0.3, -0.25) is 4.79 Å². The number of halogens is 4. The average molecular weight is 260 g/mol. The Labute approximate surface area is 96.2 Å². The number of alkyl halides is 4. The molecule has 0 aromatic rings. The van der Waals surface area contributed by atoms with E-state index in [9.17, 15) is 23.1 Å². The molecule has 1 saturated heterocycles. The number of hydrogen-bond acceptors (Lipinski definition) is 2. The molecule has 0 saturated carbocycles. The molecule has 1 N–H and O–H groups in total. The number of carbonyl (C=O) groups excluding carboxylic acids is 1. The van der Waals surface area contributed by atoms with Gasteiger partial charge in [-0.2, -0.15) is 13.2 Å². The van der Waals surface area contributed by atoms with Gasteiger partial charge < -0.3 is 10.0 Å². The molecule has 1 heterocycles. The van der Waals surface area contributed by atoms with Crippen molar-refractivity contribution in [2.75, 3.05) is 13.1 Å². The van der Waals surface area contributed by atoms with E-state index in [0.717, 1.165) is 4.90 Å². The van der Waals surface area contributed by atoms with Crippen molar-refractivity contribution < 1.29 is 23.1 Å². The number of rotatable bonds is 2. The fourth-order valence-electron chi connectivity index (χ4n) is 1.59. The first kappa shape index (κ1) is 13.6. The highest BCUT2D eigenvalue weighted by molar-refractivity contribution is 6.30. The number of amides is 1. The summed E-state index contributed by atoms with van der Waals surface area (Å²) in [5, 5.41) is 8.52. The smallest absolute Gasteiger partial charge is 0.379 e.